The average Bonchev–Trinajstić information content (AvgIpc) is 2.96. The van der Waals surface area contributed by atoms with Gasteiger partial charge >= 0.3 is 5.97 Å². The Kier molecular flexibility index (Phi) is 6.72. The van der Waals surface area contributed by atoms with E-state index in [1.807, 2.05) is 24.3 Å². The third-order valence-corrected chi connectivity index (χ3v) is 2.84. The number of hydrogen-bond acceptors (Lipinski definition) is 4. The molecular weight excluding hydrogens is 290 g/mol. The molecule has 0 fully saturated rings. The lowest BCUT2D eigenvalue weighted by Gasteiger charge is -2.01. The van der Waals surface area contributed by atoms with Crippen LogP contribution in [0.5, 0.6) is 0 Å². The Morgan fingerprint density at radius 1 is 1.29 bits per heavy atom. The fourth-order valence-corrected chi connectivity index (χ4v) is 1.81. The van der Waals surface area contributed by atoms with E-state index in [-0.39, 0.29) is 18.4 Å². The van der Waals surface area contributed by atoms with Gasteiger partial charge in [0.2, 0.25) is 0 Å². The topological polar surface area (TPSA) is 51.5 Å². The van der Waals surface area contributed by atoms with Crippen LogP contribution in [0.25, 0.3) is 11.3 Å². The highest BCUT2D eigenvalue weighted by Crippen LogP contribution is 2.22. The first-order valence-corrected chi connectivity index (χ1v) is 6.33. The minimum Gasteiger partial charge on any atom is -0.465 e. The number of carbonyl (C=O) groups is 1. The molecule has 1 N–H and O–H groups in total. The predicted molar refractivity (Wildman–Crippen MR) is 84.6 cm³/mol. The Morgan fingerprint density at radius 2 is 2.00 bits per heavy atom. The van der Waals surface area contributed by atoms with Gasteiger partial charge in [0.25, 0.3) is 0 Å². The number of rotatable bonds is 6. The Morgan fingerprint density at radius 3 is 2.62 bits per heavy atom. The standard InChI is InChI=1S/C16H17NO3.ClH/c1-3-10-17-11-14-8-9-15(20-14)12-4-6-13(7-5-12)16(18)19-2;/h3-9,17H,1,10-11H2,2H3;1H. The monoisotopic (exact) mass is 307 g/mol. The second-order valence-corrected chi connectivity index (χ2v) is 4.25. The van der Waals surface area contributed by atoms with Crippen molar-refractivity contribution in [3.8, 4) is 11.3 Å². The molecule has 0 atom stereocenters. The fraction of sp³-hybridized carbons (Fsp3) is 0.188. The molecular formula is C16H18ClNO3. The minimum absolute atomic E-state index is 0. The van der Waals surface area contributed by atoms with Crippen molar-refractivity contribution < 1.29 is 13.9 Å². The number of nitrogens with one attached hydrogen (secondary N) is 1. The Hall–Kier alpha value is -2.04. The molecule has 2 aromatic rings. The molecule has 1 heterocycles. The van der Waals surface area contributed by atoms with Gasteiger partial charge < -0.3 is 14.5 Å². The first-order valence-electron chi connectivity index (χ1n) is 6.33. The fourth-order valence-electron chi connectivity index (χ4n) is 1.81. The highest BCUT2D eigenvalue weighted by molar-refractivity contribution is 5.89. The van der Waals surface area contributed by atoms with E-state index in [4.69, 9.17) is 4.42 Å². The van der Waals surface area contributed by atoms with Crippen molar-refractivity contribution in [2.24, 2.45) is 0 Å². The van der Waals surface area contributed by atoms with Crippen molar-refractivity contribution in [2.75, 3.05) is 13.7 Å². The van der Waals surface area contributed by atoms with E-state index in [0.717, 1.165) is 23.6 Å². The van der Waals surface area contributed by atoms with Crippen LogP contribution in [0.4, 0.5) is 0 Å². The highest BCUT2D eigenvalue weighted by atomic mass is 35.5. The Bertz CT molecular complexity index is 590. The number of carbonyl (C=O) groups excluding carboxylic acids is 1. The van der Waals surface area contributed by atoms with Crippen molar-refractivity contribution in [3.05, 3.63) is 60.4 Å². The molecule has 0 radical (unpaired) electrons. The zero-order chi connectivity index (χ0) is 14.4. The number of halogens is 1. The molecule has 0 aliphatic carbocycles. The van der Waals surface area contributed by atoms with Crippen LogP contribution in [0.15, 0.2) is 53.5 Å². The Balaban J connectivity index is 0.00000220. The quantitative estimate of drug-likeness (QED) is 0.504. The van der Waals surface area contributed by atoms with Crippen LogP contribution in [0, 0.1) is 0 Å². The lowest BCUT2D eigenvalue weighted by molar-refractivity contribution is 0.0601. The summed E-state index contributed by atoms with van der Waals surface area (Å²) >= 11 is 0. The van der Waals surface area contributed by atoms with E-state index < -0.39 is 0 Å². The highest BCUT2D eigenvalue weighted by Gasteiger charge is 2.07. The zero-order valence-corrected chi connectivity index (χ0v) is 12.6. The third kappa shape index (κ3) is 4.48. The molecule has 4 nitrogen and oxygen atoms in total. The number of methoxy groups -OCH3 is 1. The molecule has 2 rings (SSSR count). The van der Waals surface area contributed by atoms with E-state index >= 15 is 0 Å². The van der Waals surface area contributed by atoms with Gasteiger partial charge in [-0.25, -0.2) is 4.79 Å². The molecule has 0 aliphatic heterocycles. The van der Waals surface area contributed by atoms with Crippen LogP contribution in [-0.4, -0.2) is 19.6 Å². The minimum atomic E-state index is -0.342. The molecule has 0 saturated heterocycles. The summed E-state index contributed by atoms with van der Waals surface area (Å²) in [6.07, 6.45) is 1.80. The van der Waals surface area contributed by atoms with Crippen LogP contribution in [0.1, 0.15) is 16.1 Å². The second-order valence-electron chi connectivity index (χ2n) is 4.25. The predicted octanol–water partition coefficient (Wildman–Crippen LogP) is 3.43. The molecule has 0 spiro atoms. The molecule has 1 aromatic carbocycles. The number of esters is 1. The molecule has 21 heavy (non-hydrogen) atoms. The van der Waals surface area contributed by atoms with Crippen LogP contribution >= 0.6 is 12.4 Å². The summed E-state index contributed by atoms with van der Waals surface area (Å²) in [7, 11) is 1.37. The first kappa shape index (κ1) is 17.0. The van der Waals surface area contributed by atoms with Crippen LogP contribution in [0.2, 0.25) is 0 Å². The van der Waals surface area contributed by atoms with Crippen LogP contribution in [0.3, 0.4) is 0 Å². The van der Waals surface area contributed by atoms with Crippen LogP contribution in [-0.2, 0) is 11.3 Å². The van der Waals surface area contributed by atoms with Crippen molar-refractivity contribution in [3.63, 3.8) is 0 Å². The second kappa shape index (κ2) is 8.29. The van der Waals surface area contributed by atoms with Gasteiger partial charge in [-0.3, -0.25) is 0 Å². The van der Waals surface area contributed by atoms with E-state index in [0.29, 0.717) is 12.1 Å². The molecule has 112 valence electrons. The summed E-state index contributed by atoms with van der Waals surface area (Å²) in [4.78, 5) is 11.4. The first-order chi connectivity index (χ1) is 9.74. The molecule has 1 aromatic heterocycles. The Labute approximate surface area is 130 Å². The summed E-state index contributed by atoms with van der Waals surface area (Å²) in [6.45, 7) is 5.04. The van der Waals surface area contributed by atoms with Gasteiger partial charge in [-0.2, -0.15) is 0 Å². The van der Waals surface area contributed by atoms with Gasteiger partial charge in [-0.1, -0.05) is 18.2 Å². The summed E-state index contributed by atoms with van der Waals surface area (Å²) in [5.74, 6) is 1.29. The summed E-state index contributed by atoms with van der Waals surface area (Å²) in [6, 6.07) is 11.0. The number of benzene rings is 1. The lowest BCUT2D eigenvalue weighted by atomic mass is 10.1. The SMILES string of the molecule is C=CCNCc1ccc(-c2ccc(C(=O)OC)cc2)o1.Cl. The van der Waals surface area contributed by atoms with E-state index in [1.54, 1.807) is 18.2 Å². The maximum atomic E-state index is 11.4. The molecule has 0 bridgehead atoms. The third-order valence-electron chi connectivity index (χ3n) is 2.84. The normalized spacial score (nSPS) is 9.76. The van der Waals surface area contributed by atoms with Crippen molar-refractivity contribution in [2.45, 2.75) is 6.54 Å². The van der Waals surface area contributed by atoms with E-state index in [1.165, 1.54) is 7.11 Å². The molecule has 0 amide bonds. The number of hydrogen-bond donors (Lipinski definition) is 1. The average molecular weight is 308 g/mol. The van der Waals surface area contributed by atoms with Crippen LogP contribution < -0.4 is 5.32 Å². The number of furan rings is 1. The molecule has 0 aliphatic rings. The van der Waals surface area contributed by atoms with Gasteiger partial charge in [0.1, 0.15) is 11.5 Å². The molecule has 0 unspecified atom stereocenters. The summed E-state index contributed by atoms with van der Waals surface area (Å²) in [5, 5.41) is 3.17. The zero-order valence-electron chi connectivity index (χ0n) is 11.8. The maximum Gasteiger partial charge on any atom is 0.337 e. The van der Waals surface area contributed by atoms with Crippen molar-refractivity contribution in [1.29, 1.82) is 0 Å². The van der Waals surface area contributed by atoms with Crippen molar-refractivity contribution in [1.82, 2.24) is 5.32 Å². The smallest absolute Gasteiger partial charge is 0.337 e. The van der Waals surface area contributed by atoms with Gasteiger partial charge in [-0.05, 0) is 24.3 Å². The maximum absolute atomic E-state index is 11.4. The van der Waals surface area contributed by atoms with E-state index in [9.17, 15) is 4.79 Å². The number of ether oxygens (including phenoxy) is 1. The van der Waals surface area contributed by atoms with E-state index in [2.05, 4.69) is 16.6 Å². The van der Waals surface area contributed by atoms with Crippen molar-refractivity contribution >= 4 is 18.4 Å². The molecule has 5 heteroatoms. The largest absolute Gasteiger partial charge is 0.465 e. The van der Waals surface area contributed by atoms with Gasteiger partial charge in [0.05, 0.1) is 19.2 Å². The lowest BCUT2D eigenvalue weighted by Crippen LogP contribution is -2.11. The molecule has 0 saturated carbocycles. The van der Waals surface area contributed by atoms with Gasteiger partial charge in [-0.15, -0.1) is 19.0 Å². The summed E-state index contributed by atoms with van der Waals surface area (Å²) in [5.41, 5.74) is 1.45. The van der Waals surface area contributed by atoms with Gasteiger partial charge in [0.15, 0.2) is 0 Å². The van der Waals surface area contributed by atoms with Gasteiger partial charge in [0, 0.05) is 12.1 Å². The summed E-state index contributed by atoms with van der Waals surface area (Å²) < 4.78 is 10.4.